The third-order valence-electron chi connectivity index (χ3n) is 2.97. The van der Waals surface area contributed by atoms with Crippen molar-refractivity contribution in [2.45, 2.75) is 25.9 Å². The van der Waals surface area contributed by atoms with E-state index in [0.29, 0.717) is 12.5 Å². The highest BCUT2D eigenvalue weighted by Gasteiger charge is 2.32. The quantitative estimate of drug-likeness (QED) is 0.631. The van der Waals surface area contributed by atoms with Crippen LogP contribution >= 0.6 is 0 Å². The molecule has 0 aliphatic heterocycles. The maximum absolute atomic E-state index is 10.8. The molecule has 0 spiro atoms. The van der Waals surface area contributed by atoms with Gasteiger partial charge in [0.1, 0.15) is 6.10 Å². The molecule has 1 saturated carbocycles. The number of hydrogen-bond donors (Lipinski definition) is 1. The van der Waals surface area contributed by atoms with Crippen molar-refractivity contribution in [1.29, 1.82) is 0 Å². The minimum atomic E-state index is -0.464. The van der Waals surface area contributed by atoms with Gasteiger partial charge in [-0.1, -0.05) is 0 Å². The average Bonchev–Trinajstić information content (AvgIpc) is 2.24. The minimum Gasteiger partial charge on any atom is -0.469 e. The topological polar surface area (TPSA) is 91.3 Å². The first-order chi connectivity index (χ1) is 8.10. The normalized spacial score (nSPS) is 22.9. The molecule has 0 amide bonds. The number of hydrogen-bond acceptors (Lipinski definition) is 5. The van der Waals surface area contributed by atoms with E-state index in [9.17, 15) is 10.1 Å². The van der Waals surface area contributed by atoms with Gasteiger partial charge >= 0.3 is 5.69 Å². The first-order valence-corrected chi connectivity index (χ1v) is 5.58. The van der Waals surface area contributed by atoms with Gasteiger partial charge in [0.15, 0.2) is 0 Å². The molecule has 1 aromatic heterocycles. The van der Waals surface area contributed by atoms with E-state index in [1.807, 2.05) is 0 Å². The summed E-state index contributed by atoms with van der Waals surface area (Å²) in [6, 6.07) is 1.47. The molecule has 6 heteroatoms. The molecule has 1 fully saturated rings. The van der Waals surface area contributed by atoms with E-state index in [4.69, 9.17) is 10.5 Å². The summed E-state index contributed by atoms with van der Waals surface area (Å²) >= 11 is 0. The van der Waals surface area contributed by atoms with Crippen LogP contribution in [-0.4, -0.2) is 22.6 Å². The average molecular weight is 237 g/mol. The van der Waals surface area contributed by atoms with Crippen molar-refractivity contribution in [3.8, 4) is 5.88 Å². The summed E-state index contributed by atoms with van der Waals surface area (Å²) in [5, 5.41) is 10.8. The smallest absolute Gasteiger partial charge is 0.331 e. The van der Waals surface area contributed by atoms with Crippen molar-refractivity contribution in [3.63, 3.8) is 0 Å². The molecular weight excluding hydrogens is 222 g/mol. The Balaban J connectivity index is 2.08. The molecule has 2 rings (SSSR count). The molecule has 1 aliphatic carbocycles. The molecule has 2 N–H and O–H groups in total. The summed E-state index contributed by atoms with van der Waals surface area (Å²) < 4.78 is 5.52. The SMILES string of the molecule is Cc1cnc(OC2CC(CN)C2)c([N+](=O)[O-])c1. The van der Waals surface area contributed by atoms with E-state index in [-0.39, 0.29) is 17.7 Å². The molecule has 92 valence electrons. The minimum absolute atomic E-state index is 0.0115. The molecule has 6 nitrogen and oxygen atoms in total. The molecule has 0 unspecified atom stereocenters. The second-order valence-electron chi connectivity index (χ2n) is 4.41. The Kier molecular flexibility index (Phi) is 3.23. The van der Waals surface area contributed by atoms with Gasteiger partial charge in [-0.2, -0.15) is 0 Å². The summed E-state index contributed by atoms with van der Waals surface area (Å²) in [4.78, 5) is 14.4. The van der Waals surface area contributed by atoms with Gasteiger partial charge < -0.3 is 10.5 Å². The van der Waals surface area contributed by atoms with Gasteiger partial charge in [-0.25, -0.2) is 4.98 Å². The Morgan fingerprint density at radius 2 is 2.35 bits per heavy atom. The zero-order chi connectivity index (χ0) is 12.4. The highest BCUT2D eigenvalue weighted by molar-refractivity contribution is 5.42. The van der Waals surface area contributed by atoms with Gasteiger partial charge in [-0.15, -0.1) is 0 Å². The van der Waals surface area contributed by atoms with Crippen LogP contribution in [0.3, 0.4) is 0 Å². The monoisotopic (exact) mass is 237 g/mol. The summed E-state index contributed by atoms with van der Waals surface area (Å²) in [5.74, 6) is 0.588. The fourth-order valence-electron chi connectivity index (χ4n) is 1.88. The van der Waals surface area contributed by atoms with Crippen LogP contribution in [0.2, 0.25) is 0 Å². The second kappa shape index (κ2) is 4.67. The maximum Gasteiger partial charge on any atom is 0.331 e. The first kappa shape index (κ1) is 11.8. The van der Waals surface area contributed by atoms with Gasteiger partial charge in [0, 0.05) is 12.3 Å². The van der Waals surface area contributed by atoms with Crippen LogP contribution in [-0.2, 0) is 0 Å². The van der Waals surface area contributed by atoms with E-state index < -0.39 is 4.92 Å². The molecule has 1 aliphatic rings. The summed E-state index contributed by atoms with van der Waals surface area (Å²) in [7, 11) is 0. The number of ether oxygens (including phenoxy) is 1. The van der Waals surface area contributed by atoms with Gasteiger partial charge in [-0.05, 0) is 37.8 Å². The number of rotatable bonds is 4. The Hall–Kier alpha value is -1.69. The standard InChI is InChI=1S/C11H15N3O3/c1-7-2-10(14(15)16)11(13-6-7)17-9-3-8(4-9)5-12/h2,6,8-9H,3-5,12H2,1H3. The van der Waals surface area contributed by atoms with Crippen molar-refractivity contribution in [1.82, 2.24) is 4.98 Å². The zero-order valence-corrected chi connectivity index (χ0v) is 9.63. The fourth-order valence-corrected chi connectivity index (χ4v) is 1.88. The van der Waals surface area contributed by atoms with Gasteiger partial charge in [0.25, 0.3) is 5.88 Å². The van der Waals surface area contributed by atoms with Gasteiger partial charge in [-0.3, -0.25) is 10.1 Å². The number of aryl methyl sites for hydroxylation is 1. The molecule has 0 radical (unpaired) electrons. The van der Waals surface area contributed by atoms with E-state index in [0.717, 1.165) is 18.4 Å². The van der Waals surface area contributed by atoms with E-state index in [2.05, 4.69) is 4.98 Å². The fraction of sp³-hybridized carbons (Fsp3) is 0.545. The zero-order valence-electron chi connectivity index (χ0n) is 9.63. The Bertz CT molecular complexity index is 430. The Morgan fingerprint density at radius 3 is 2.94 bits per heavy atom. The van der Waals surface area contributed by atoms with Gasteiger partial charge in [0.05, 0.1) is 4.92 Å². The second-order valence-corrected chi connectivity index (χ2v) is 4.41. The maximum atomic E-state index is 10.8. The molecule has 0 aromatic carbocycles. The van der Waals surface area contributed by atoms with Crippen molar-refractivity contribution in [2.75, 3.05) is 6.54 Å². The lowest BCUT2D eigenvalue weighted by molar-refractivity contribution is -0.386. The lowest BCUT2D eigenvalue weighted by atomic mass is 9.82. The highest BCUT2D eigenvalue weighted by atomic mass is 16.6. The number of nitro groups is 1. The Morgan fingerprint density at radius 1 is 1.65 bits per heavy atom. The first-order valence-electron chi connectivity index (χ1n) is 5.58. The predicted molar refractivity (Wildman–Crippen MR) is 61.8 cm³/mol. The lowest BCUT2D eigenvalue weighted by Gasteiger charge is -2.33. The molecule has 1 heterocycles. The number of pyridine rings is 1. The van der Waals surface area contributed by atoms with Crippen LogP contribution in [0.5, 0.6) is 5.88 Å². The molecular formula is C11H15N3O3. The number of nitrogens with zero attached hydrogens (tertiary/aromatic N) is 2. The highest BCUT2D eigenvalue weighted by Crippen LogP contribution is 2.33. The van der Waals surface area contributed by atoms with Crippen LogP contribution < -0.4 is 10.5 Å². The summed E-state index contributed by atoms with van der Waals surface area (Å²) in [6.45, 7) is 2.40. The largest absolute Gasteiger partial charge is 0.469 e. The molecule has 0 bridgehead atoms. The van der Waals surface area contributed by atoms with Crippen LogP contribution in [0.15, 0.2) is 12.3 Å². The van der Waals surface area contributed by atoms with E-state index in [1.54, 1.807) is 13.1 Å². The van der Waals surface area contributed by atoms with Crippen molar-refractivity contribution < 1.29 is 9.66 Å². The Labute approximate surface area is 98.9 Å². The molecule has 0 atom stereocenters. The summed E-state index contributed by atoms with van der Waals surface area (Å²) in [5.41, 5.74) is 6.19. The van der Waals surface area contributed by atoms with Crippen molar-refractivity contribution >= 4 is 5.69 Å². The molecule has 1 aromatic rings. The number of nitrogens with two attached hydrogens (primary N) is 1. The van der Waals surface area contributed by atoms with E-state index in [1.165, 1.54) is 6.07 Å². The number of aromatic nitrogens is 1. The third-order valence-corrected chi connectivity index (χ3v) is 2.97. The van der Waals surface area contributed by atoms with Crippen LogP contribution in [0, 0.1) is 23.0 Å². The van der Waals surface area contributed by atoms with Crippen LogP contribution in [0.25, 0.3) is 0 Å². The van der Waals surface area contributed by atoms with Crippen LogP contribution in [0.1, 0.15) is 18.4 Å². The molecule has 17 heavy (non-hydrogen) atoms. The predicted octanol–water partition coefficient (Wildman–Crippen LogP) is 1.41. The van der Waals surface area contributed by atoms with Gasteiger partial charge in [0.2, 0.25) is 0 Å². The third kappa shape index (κ3) is 2.52. The van der Waals surface area contributed by atoms with Crippen molar-refractivity contribution in [2.24, 2.45) is 11.7 Å². The van der Waals surface area contributed by atoms with Crippen LogP contribution in [0.4, 0.5) is 5.69 Å². The molecule has 0 saturated heterocycles. The van der Waals surface area contributed by atoms with Crippen molar-refractivity contribution in [3.05, 3.63) is 27.9 Å². The summed E-state index contributed by atoms with van der Waals surface area (Å²) in [6.07, 6.45) is 3.28. The van der Waals surface area contributed by atoms with E-state index >= 15 is 0 Å². The lowest BCUT2D eigenvalue weighted by Crippen LogP contribution is -2.38.